The summed E-state index contributed by atoms with van der Waals surface area (Å²) in [6, 6.07) is 0. The maximum atomic E-state index is 13.0. The van der Waals surface area contributed by atoms with Gasteiger partial charge in [-0.25, -0.2) is 0 Å². The molecule has 4 aliphatic rings. The van der Waals surface area contributed by atoms with Crippen LogP contribution in [-0.2, 0) is 0 Å². The number of hydrogen-bond acceptors (Lipinski definition) is 2. The fraction of sp³-hybridized carbons (Fsp3) is 0.920. The molecule has 7 unspecified atom stereocenters. The molecule has 5 heteroatoms. The van der Waals surface area contributed by atoms with Crippen LogP contribution in [0.3, 0.4) is 0 Å². The molecule has 0 aromatic carbocycles. The van der Waals surface area contributed by atoms with Gasteiger partial charge in [-0.15, -0.1) is 0 Å². The predicted molar refractivity (Wildman–Crippen MR) is 112 cm³/mol. The molecule has 0 aromatic heterocycles. The van der Waals surface area contributed by atoms with Gasteiger partial charge in [-0.3, -0.25) is 0 Å². The molecule has 0 aromatic rings. The number of rotatable bonds is 4. The highest BCUT2D eigenvalue weighted by Gasteiger charge is 2.58. The predicted octanol–water partition coefficient (Wildman–Crippen LogP) is 6.41. The van der Waals surface area contributed by atoms with Gasteiger partial charge in [0.25, 0.3) is 0 Å². The first-order chi connectivity index (χ1) is 13.9. The lowest BCUT2D eigenvalue weighted by Crippen LogP contribution is -2.50. The molecule has 0 heterocycles. The Morgan fingerprint density at radius 2 is 1.80 bits per heavy atom. The lowest BCUT2D eigenvalue weighted by atomic mass is 9.47. The van der Waals surface area contributed by atoms with Crippen LogP contribution >= 0.6 is 0 Å². The molecule has 4 aliphatic carbocycles. The lowest BCUT2D eigenvalue weighted by Gasteiger charge is -2.58. The van der Waals surface area contributed by atoms with Gasteiger partial charge in [0.15, 0.2) is 5.60 Å². The SMILES string of the molecule is CC12CCC3C(CC=C4CC(O)CC[C@@]43C)C1CCC2CCCC(C)(O)C(F)(F)F. The van der Waals surface area contributed by atoms with E-state index in [1.807, 2.05) is 0 Å². The molecule has 30 heavy (non-hydrogen) atoms. The second-order valence-electron chi connectivity index (χ2n) is 11.6. The van der Waals surface area contributed by atoms with E-state index < -0.39 is 11.8 Å². The summed E-state index contributed by atoms with van der Waals surface area (Å²) in [5, 5.41) is 19.9. The number of allylic oxidation sites excluding steroid dienone is 1. The largest absolute Gasteiger partial charge is 0.416 e. The van der Waals surface area contributed by atoms with Gasteiger partial charge < -0.3 is 10.2 Å². The number of fused-ring (bicyclic) bond motifs is 5. The summed E-state index contributed by atoms with van der Waals surface area (Å²) >= 11 is 0. The van der Waals surface area contributed by atoms with Gasteiger partial charge in [-0.05, 0) is 112 Å². The summed E-state index contributed by atoms with van der Waals surface area (Å²) in [7, 11) is 0. The Hall–Kier alpha value is -0.550. The van der Waals surface area contributed by atoms with Gasteiger partial charge in [0.1, 0.15) is 0 Å². The van der Waals surface area contributed by atoms with E-state index in [2.05, 4.69) is 19.9 Å². The van der Waals surface area contributed by atoms with Crippen molar-refractivity contribution in [2.24, 2.45) is 34.5 Å². The Balaban J connectivity index is 1.44. The van der Waals surface area contributed by atoms with Crippen LogP contribution in [0, 0.1) is 34.5 Å². The molecule has 0 radical (unpaired) electrons. The van der Waals surface area contributed by atoms with Gasteiger partial charge in [0, 0.05) is 0 Å². The molecule has 0 bridgehead atoms. The zero-order chi connectivity index (χ0) is 21.9. The van der Waals surface area contributed by atoms with Gasteiger partial charge >= 0.3 is 6.18 Å². The average Bonchev–Trinajstić information content (AvgIpc) is 2.98. The van der Waals surface area contributed by atoms with Crippen LogP contribution in [0.4, 0.5) is 13.2 Å². The Morgan fingerprint density at radius 3 is 2.50 bits per heavy atom. The standard InChI is InChI=1S/C25H39F3O2/c1-22-14-11-21-19(8-6-17-15-18(29)10-13-23(17,21)2)20(22)9-7-16(22)5-4-12-24(3,30)25(26,27)28/h6,16,18-21,29-30H,4-5,7-15H2,1-3H3/t16?,18?,19?,20?,21?,22?,23-,24?/m0/s1. The summed E-state index contributed by atoms with van der Waals surface area (Å²) in [4.78, 5) is 0. The van der Waals surface area contributed by atoms with Crippen molar-refractivity contribution in [2.75, 3.05) is 0 Å². The van der Waals surface area contributed by atoms with Crippen molar-refractivity contribution in [1.82, 2.24) is 0 Å². The molecule has 172 valence electrons. The van der Waals surface area contributed by atoms with E-state index in [0.717, 1.165) is 45.4 Å². The van der Waals surface area contributed by atoms with Crippen molar-refractivity contribution >= 4 is 0 Å². The normalized spacial score (nSPS) is 45.7. The first-order valence-corrected chi connectivity index (χ1v) is 12.1. The Bertz CT molecular complexity index is 684. The number of aliphatic hydroxyl groups excluding tert-OH is 1. The number of hydrogen-bond donors (Lipinski definition) is 2. The molecule has 0 spiro atoms. The Labute approximate surface area is 179 Å². The van der Waals surface area contributed by atoms with Crippen molar-refractivity contribution in [3.8, 4) is 0 Å². The zero-order valence-corrected chi connectivity index (χ0v) is 18.8. The Morgan fingerprint density at radius 1 is 1.07 bits per heavy atom. The summed E-state index contributed by atoms with van der Waals surface area (Å²) in [5.74, 6) is 2.49. The van der Waals surface area contributed by atoms with Gasteiger partial charge in [-0.1, -0.05) is 25.5 Å². The first kappa shape index (κ1) is 22.6. The second kappa shape index (κ2) is 7.50. The minimum absolute atomic E-state index is 0.181. The third-order valence-electron chi connectivity index (χ3n) is 10.1. The highest BCUT2D eigenvalue weighted by Crippen LogP contribution is 2.66. The molecule has 4 rings (SSSR count). The monoisotopic (exact) mass is 428 g/mol. The minimum atomic E-state index is -4.55. The number of alkyl halides is 3. The van der Waals surface area contributed by atoms with Crippen molar-refractivity contribution in [3.05, 3.63) is 11.6 Å². The molecular weight excluding hydrogens is 389 g/mol. The van der Waals surface area contributed by atoms with Crippen LogP contribution in [0.5, 0.6) is 0 Å². The maximum absolute atomic E-state index is 13.0. The smallest absolute Gasteiger partial charge is 0.393 e. The minimum Gasteiger partial charge on any atom is -0.393 e. The van der Waals surface area contributed by atoms with Crippen molar-refractivity contribution < 1.29 is 23.4 Å². The third-order valence-corrected chi connectivity index (χ3v) is 10.1. The van der Waals surface area contributed by atoms with Crippen molar-refractivity contribution in [1.29, 1.82) is 0 Å². The Kier molecular flexibility index (Phi) is 5.66. The highest BCUT2D eigenvalue weighted by molar-refractivity contribution is 5.25. The van der Waals surface area contributed by atoms with Crippen LogP contribution in [0.1, 0.15) is 91.4 Å². The van der Waals surface area contributed by atoms with E-state index in [0.29, 0.717) is 30.1 Å². The van der Waals surface area contributed by atoms with E-state index in [-0.39, 0.29) is 23.4 Å². The van der Waals surface area contributed by atoms with E-state index in [1.165, 1.54) is 24.8 Å². The molecule has 3 fully saturated rings. The van der Waals surface area contributed by atoms with Crippen molar-refractivity contribution in [2.45, 2.75) is 109 Å². The fourth-order valence-electron chi connectivity index (χ4n) is 8.06. The molecule has 0 amide bonds. The van der Waals surface area contributed by atoms with Gasteiger partial charge in [0.05, 0.1) is 6.10 Å². The van der Waals surface area contributed by atoms with Gasteiger partial charge in [0.2, 0.25) is 0 Å². The van der Waals surface area contributed by atoms with Crippen molar-refractivity contribution in [3.63, 3.8) is 0 Å². The molecular formula is C25H39F3O2. The summed E-state index contributed by atoms with van der Waals surface area (Å²) < 4.78 is 39.0. The third kappa shape index (κ3) is 3.56. The van der Waals surface area contributed by atoms with E-state index in [4.69, 9.17) is 0 Å². The van der Waals surface area contributed by atoms with E-state index >= 15 is 0 Å². The quantitative estimate of drug-likeness (QED) is 0.508. The molecule has 2 nitrogen and oxygen atoms in total. The topological polar surface area (TPSA) is 40.5 Å². The fourth-order valence-corrected chi connectivity index (χ4v) is 8.06. The van der Waals surface area contributed by atoms with E-state index in [1.54, 1.807) is 0 Å². The van der Waals surface area contributed by atoms with Crippen LogP contribution in [0.15, 0.2) is 11.6 Å². The molecule has 2 N–H and O–H groups in total. The van der Waals surface area contributed by atoms with Crippen LogP contribution < -0.4 is 0 Å². The highest BCUT2D eigenvalue weighted by atomic mass is 19.4. The van der Waals surface area contributed by atoms with Crippen LogP contribution in [0.25, 0.3) is 0 Å². The van der Waals surface area contributed by atoms with Crippen LogP contribution in [0.2, 0.25) is 0 Å². The number of aliphatic hydroxyl groups is 2. The van der Waals surface area contributed by atoms with E-state index in [9.17, 15) is 23.4 Å². The second-order valence-corrected chi connectivity index (χ2v) is 11.6. The zero-order valence-electron chi connectivity index (χ0n) is 18.8. The first-order valence-electron chi connectivity index (χ1n) is 12.1. The average molecular weight is 429 g/mol. The molecule has 0 aliphatic heterocycles. The summed E-state index contributed by atoms with van der Waals surface area (Å²) in [6.07, 6.45) is 7.35. The summed E-state index contributed by atoms with van der Waals surface area (Å²) in [6.45, 7) is 5.74. The summed E-state index contributed by atoms with van der Waals surface area (Å²) in [5.41, 5.74) is -0.641. The maximum Gasteiger partial charge on any atom is 0.416 e. The molecule has 0 saturated heterocycles. The lowest BCUT2D eigenvalue weighted by molar-refractivity contribution is -0.255. The molecule has 8 atom stereocenters. The number of halogens is 3. The molecule has 3 saturated carbocycles. The van der Waals surface area contributed by atoms with Gasteiger partial charge in [-0.2, -0.15) is 13.2 Å². The van der Waals surface area contributed by atoms with Crippen LogP contribution in [-0.4, -0.2) is 28.1 Å².